The zero-order valence-electron chi connectivity index (χ0n) is 9.13. The van der Waals surface area contributed by atoms with Gasteiger partial charge in [0.05, 0.1) is 6.10 Å². The molecule has 1 aliphatic carbocycles. The van der Waals surface area contributed by atoms with Crippen molar-refractivity contribution in [2.75, 3.05) is 0 Å². The summed E-state index contributed by atoms with van der Waals surface area (Å²) in [6.07, 6.45) is 8.75. The minimum absolute atomic E-state index is 0.0226. The average Bonchev–Trinajstić information content (AvgIpc) is 2.95. The highest BCUT2D eigenvalue weighted by Crippen LogP contribution is 2.34. The monoisotopic (exact) mass is 184 g/mol. The Bertz CT molecular complexity index is 123. The van der Waals surface area contributed by atoms with Gasteiger partial charge in [0.1, 0.15) is 0 Å². The smallest absolute Gasteiger partial charge is 0.0568 e. The van der Waals surface area contributed by atoms with Crippen LogP contribution in [0.4, 0.5) is 0 Å². The maximum absolute atomic E-state index is 9.65. The molecule has 1 aliphatic rings. The summed E-state index contributed by atoms with van der Waals surface area (Å²) in [4.78, 5) is 0. The van der Waals surface area contributed by atoms with Gasteiger partial charge in [-0.1, -0.05) is 39.5 Å². The van der Waals surface area contributed by atoms with Crippen molar-refractivity contribution in [2.24, 2.45) is 11.8 Å². The highest BCUT2D eigenvalue weighted by atomic mass is 16.3. The maximum Gasteiger partial charge on any atom is 0.0568 e. The second-order valence-corrected chi connectivity index (χ2v) is 4.52. The van der Waals surface area contributed by atoms with Crippen LogP contribution in [0, 0.1) is 11.8 Å². The molecular formula is C12H24O. The lowest BCUT2D eigenvalue weighted by atomic mass is 9.95. The first-order valence-corrected chi connectivity index (χ1v) is 5.96. The van der Waals surface area contributed by atoms with E-state index in [9.17, 15) is 5.11 Å². The summed E-state index contributed by atoms with van der Waals surface area (Å²) in [7, 11) is 0. The number of hydrogen-bond acceptors (Lipinski definition) is 1. The standard InChI is InChI=1S/C12H24O/c1-3-10(4-2)6-5-7-12(13)11-8-9-11/h10-13H,3-9H2,1-2H3. The van der Waals surface area contributed by atoms with Crippen molar-refractivity contribution in [3.8, 4) is 0 Å². The number of aliphatic hydroxyl groups is 1. The Kier molecular flexibility index (Phi) is 4.79. The summed E-state index contributed by atoms with van der Waals surface area (Å²) in [5, 5.41) is 9.65. The second-order valence-electron chi connectivity index (χ2n) is 4.52. The molecule has 1 unspecified atom stereocenters. The fraction of sp³-hybridized carbons (Fsp3) is 1.00. The third kappa shape index (κ3) is 4.12. The Morgan fingerprint density at radius 2 is 1.77 bits per heavy atom. The molecule has 0 aromatic carbocycles. The average molecular weight is 184 g/mol. The van der Waals surface area contributed by atoms with Crippen LogP contribution in [-0.4, -0.2) is 11.2 Å². The molecule has 0 spiro atoms. The van der Waals surface area contributed by atoms with E-state index in [0.717, 1.165) is 12.3 Å². The molecular weight excluding hydrogens is 160 g/mol. The van der Waals surface area contributed by atoms with E-state index >= 15 is 0 Å². The highest BCUT2D eigenvalue weighted by Gasteiger charge is 2.28. The van der Waals surface area contributed by atoms with Crippen LogP contribution >= 0.6 is 0 Å². The van der Waals surface area contributed by atoms with E-state index in [4.69, 9.17) is 0 Å². The fourth-order valence-electron chi connectivity index (χ4n) is 2.03. The van der Waals surface area contributed by atoms with Crippen LogP contribution in [0.25, 0.3) is 0 Å². The van der Waals surface area contributed by atoms with Crippen molar-refractivity contribution >= 4 is 0 Å². The van der Waals surface area contributed by atoms with Crippen molar-refractivity contribution in [1.82, 2.24) is 0 Å². The van der Waals surface area contributed by atoms with Crippen molar-refractivity contribution < 1.29 is 5.11 Å². The summed E-state index contributed by atoms with van der Waals surface area (Å²) in [5.74, 6) is 1.56. The van der Waals surface area contributed by atoms with Gasteiger partial charge in [-0.3, -0.25) is 0 Å². The lowest BCUT2D eigenvalue weighted by Gasteiger charge is -2.13. The molecule has 0 heterocycles. The van der Waals surface area contributed by atoms with Gasteiger partial charge in [0.25, 0.3) is 0 Å². The van der Waals surface area contributed by atoms with Gasteiger partial charge in [-0.05, 0) is 31.1 Å². The summed E-state index contributed by atoms with van der Waals surface area (Å²) >= 11 is 0. The fourth-order valence-corrected chi connectivity index (χ4v) is 2.03. The maximum atomic E-state index is 9.65. The molecule has 1 heteroatoms. The quantitative estimate of drug-likeness (QED) is 0.643. The third-order valence-corrected chi connectivity index (χ3v) is 3.43. The number of hydrogen-bond donors (Lipinski definition) is 1. The van der Waals surface area contributed by atoms with Gasteiger partial charge in [0.15, 0.2) is 0 Å². The van der Waals surface area contributed by atoms with Crippen LogP contribution in [0.5, 0.6) is 0 Å². The van der Waals surface area contributed by atoms with Crippen LogP contribution < -0.4 is 0 Å². The van der Waals surface area contributed by atoms with E-state index in [0.29, 0.717) is 5.92 Å². The first-order chi connectivity index (χ1) is 6.27. The number of rotatable bonds is 7. The third-order valence-electron chi connectivity index (χ3n) is 3.43. The first-order valence-electron chi connectivity index (χ1n) is 5.96. The molecule has 13 heavy (non-hydrogen) atoms. The van der Waals surface area contributed by atoms with Gasteiger partial charge >= 0.3 is 0 Å². The Labute approximate surface area is 82.5 Å². The zero-order valence-corrected chi connectivity index (χ0v) is 9.13. The molecule has 0 saturated heterocycles. The normalized spacial score (nSPS) is 19.4. The molecule has 1 fully saturated rings. The van der Waals surface area contributed by atoms with Crippen LogP contribution in [0.2, 0.25) is 0 Å². The largest absolute Gasteiger partial charge is 0.393 e. The second kappa shape index (κ2) is 5.64. The molecule has 1 N–H and O–H groups in total. The Hall–Kier alpha value is -0.0400. The van der Waals surface area contributed by atoms with Crippen molar-refractivity contribution in [3.05, 3.63) is 0 Å². The Balaban J connectivity index is 1.98. The van der Waals surface area contributed by atoms with E-state index in [1.807, 2.05) is 0 Å². The molecule has 1 atom stereocenters. The number of aliphatic hydroxyl groups excluding tert-OH is 1. The van der Waals surface area contributed by atoms with Crippen LogP contribution in [0.1, 0.15) is 58.8 Å². The van der Waals surface area contributed by atoms with Crippen LogP contribution in [-0.2, 0) is 0 Å². The minimum Gasteiger partial charge on any atom is -0.393 e. The molecule has 1 rings (SSSR count). The molecule has 0 radical (unpaired) electrons. The molecule has 0 amide bonds. The van der Waals surface area contributed by atoms with Crippen LogP contribution in [0.3, 0.4) is 0 Å². The SMILES string of the molecule is CCC(CC)CCCC(O)C1CC1. The predicted octanol–water partition coefficient (Wildman–Crippen LogP) is 3.36. The molecule has 1 saturated carbocycles. The first kappa shape index (κ1) is 11.0. The van der Waals surface area contributed by atoms with Gasteiger partial charge < -0.3 is 5.11 Å². The zero-order chi connectivity index (χ0) is 9.68. The van der Waals surface area contributed by atoms with Crippen LogP contribution in [0.15, 0.2) is 0 Å². The molecule has 0 bridgehead atoms. The van der Waals surface area contributed by atoms with Gasteiger partial charge in [0, 0.05) is 0 Å². The molecule has 0 aromatic heterocycles. The summed E-state index contributed by atoms with van der Waals surface area (Å²) in [5.41, 5.74) is 0. The Morgan fingerprint density at radius 3 is 2.23 bits per heavy atom. The summed E-state index contributed by atoms with van der Waals surface area (Å²) < 4.78 is 0. The molecule has 0 aromatic rings. The van der Waals surface area contributed by atoms with Crippen molar-refractivity contribution in [2.45, 2.75) is 64.9 Å². The Morgan fingerprint density at radius 1 is 1.15 bits per heavy atom. The van der Waals surface area contributed by atoms with Crippen molar-refractivity contribution in [1.29, 1.82) is 0 Å². The summed E-state index contributed by atoms with van der Waals surface area (Å²) in [6, 6.07) is 0. The van der Waals surface area contributed by atoms with E-state index in [-0.39, 0.29) is 6.10 Å². The van der Waals surface area contributed by atoms with Gasteiger partial charge in [-0.15, -0.1) is 0 Å². The van der Waals surface area contributed by atoms with E-state index in [1.54, 1.807) is 0 Å². The highest BCUT2D eigenvalue weighted by molar-refractivity contribution is 4.80. The van der Waals surface area contributed by atoms with E-state index < -0.39 is 0 Å². The summed E-state index contributed by atoms with van der Waals surface area (Å²) in [6.45, 7) is 4.54. The van der Waals surface area contributed by atoms with E-state index in [2.05, 4.69) is 13.8 Å². The van der Waals surface area contributed by atoms with E-state index in [1.165, 1.54) is 38.5 Å². The van der Waals surface area contributed by atoms with Gasteiger partial charge in [0.2, 0.25) is 0 Å². The lowest BCUT2D eigenvalue weighted by molar-refractivity contribution is 0.136. The topological polar surface area (TPSA) is 20.2 Å². The molecule has 78 valence electrons. The molecule has 1 nitrogen and oxygen atoms in total. The predicted molar refractivity (Wildman–Crippen MR) is 56.7 cm³/mol. The van der Waals surface area contributed by atoms with Crippen molar-refractivity contribution in [3.63, 3.8) is 0 Å². The lowest BCUT2D eigenvalue weighted by Crippen LogP contribution is -2.09. The van der Waals surface area contributed by atoms with Gasteiger partial charge in [-0.2, -0.15) is 0 Å². The molecule has 0 aliphatic heterocycles. The minimum atomic E-state index is 0.0226. The van der Waals surface area contributed by atoms with Gasteiger partial charge in [-0.25, -0.2) is 0 Å².